The van der Waals surface area contributed by atoms with Crippen LogP contribution < -0.4 is 26.2 Å². The van der Waals surface area contributed by atoms with Gasteiger partial charge in [-0.3, -0.25) is 0 Å². The third-order valence-corrected chi connectivity index (χ3v) is 15.7. The van der Waals surface area contributed by atoms with Crippen LogP contribution in [0.15, 0.2) is 109 Å². The van der Waals surface area contributed by atoms with Crippen LogP contribution in [-0.4, -0.2) is 6.71 Å². The lowest BCUT2D eigenvalue weighted by Gasteiger charge is -2.44. The minimum atomic E-state index is 0.0189. The number of nitrogens with zero attached hydrogens (tertiary/aromatic N) is 2. The molecular formula is C56H57BN2S2. The van der Waals surface area contributed by atoms with Crippen LogP contribution in [0.25, 0.3) is 30.6 Å². The summed E-state index contributed by atoms with van der Waals surface area (Å²) in [7, 11) is 0. The van der Waals surface area contributed by atoms with Crippen LogP contribution in [-0.2, 0) is 16.2 Å². The van der Waals surface area contributed by atoms with Crippen molar-refractivity contribution in [2.24, 2.45) is 0 Å². The molecule has 0 fully saturated rings. The van der Waals surface area contributed by atoms with Crippen molar-refractivity contribution >= 4 is 99.4 Å². The summed E-state index contributed by atoms with van der Waals surface area (Å²) < 4.78 is 2.67. The molecular weight excluding hydrogens is 776 g/mol. The molecule has 2 aliphatic heterocycles. The maximum Gasteiger partial charge on any atom is 0.254 e. The van der Waals surface area contributed by atoms with E-state index in [1.165, 1.54) is 119 Å². The van der Waals surface area contributed by atoms with Crippen molar-refractivity contribution in [2.45, 2.75) is 106 Å². The number of rotatable bonds is 3. The Bertz CT molecular complexity index is 3020. The first-order chi connectivity index (χ1) is 28.8. The average Bonchev–Trinajstić information content (AvgIpc) is 3.79. The summed E-state index contributed by atoms with van der Waals surface area (Å²) in [5.41, 5.74) is 21.3. The van der Waals surface area contributed by atoms with Gasteiger partial charge >= 0.3 is 0 Å². The van der Waals surface area contributed by atoms with Crippen LogP contribution >= 0.6 is 22.7 Å². The van der Waals surface area contributed by atoms with Gasteiger partial charge in [0.25, 0.3) is 6.71 Å². The Morgan fingerprint density at radius 1 is 0.459 bits per heavy atom. The Balaban J connectivity index is 1.32. The van der Waals surface area contributed by atoms with Crippen molar-refractivity contribution in [3.8, 4) is 10.4 Å². The van der Waals surface area contributed by atoms with Gasteiger partial charge in [-0.05, 0) is 152 Å². The van der Waals surface area contributed by atoms with Crippen molar-refractivity contribution < 1.29 is 0 Å². The van der Waals surface area contributed by atoms with Crippen molar-refractivity contribution in [3.05, 3.63) is 148 Å². The minimum Gasteiger partial charge on any atom is -0.311 e. The molecule has 0 atom stereocenters. The molecule has 0 spiro atoms. The minimum absolute atomic E-state index is 0.0189. The van der Waals surface area contributed by atoms with Crippen LogP contribution in [0.2, 0.25) is 0 Å². The summed E-state index contributed by atoms with van der Waals surface area (Å²) in [4.78, 5) is 6.59. The van der Waals surface area contributed by atoms with Gasteiger partial charge in [0.15, 0.2) is 0 Å². The molecule has 0 saturated carbocycles. The Hall–Kier alpha value is -5.10. The zero-order valence-electron chi connectivity index (χ0n) is 38.2. The molecule has 6 aromatic carbocycles. The maximum absolute atomic E-state index is 2.65. The van der Waals surface area contributed by atoms with Crippen molar-refractivity contribution in [2.75, 3.05) is 9.80 Å². The second-order valence-electron chi connectivity index (χ2n) is 20.9. The third-order valence-electron chi connectivity index (χ3n) is 13.3. The van der Waals surface area contributed by atoms with Crippen LogP contribution in [0.3, 0.4) is 0 Å². The molecule has 2 aromatic heterocycles. The summed E-state index contributed by atoms with van der Waals surface area (Å²) in [6.45, 7) is 30.3. The van der Waals surface area contributed by atoms with E-state index in [1.54, 1.807) is 0 Å². The first kappa shape index (κ1) is 40.0. The fraction of sp³-hybridized carbons (Fsp3) is 0.286. The summed E-state index contributed by atoms with van der Waals surface area (Å²) in [5.74, 6) is 0. The van der Waals surface area contributed by atoms with E-state index in [4.69, 9.17) is 0 Å². The molecule has 2 aliphatic rings. The predicted octanol–water partition coefficient (Wildman–Crippen LogP) is 15.0. The van der Waals surface area contributed by atoms with Gasteiger partial charge in [-0.1, -0.05) is 135 Å². The number of hydrogen-bond acceptors (Lipinski definition) is 4. The molecule has 0 amide bonds. The van der Waals surface area contributed by atoms with Crippen molar-refractivity contribution in [1.82, 2.24) is 0 Å². The van der Waals surface area contributed by atoms with E-state index in [9.17, 15) is 0 Å². The number of aryl methyl sites for hydroxylation is 4. The molecule has 8 aromatic rings. The maximum atomic E-state index is 2.65. The van der Waals surface area contributed by atoms with Crippen LogP contribution in [0.4, 0.5) is 33.4 Å². The van der Waals surface area contributed by atoms with Crippen LogP contribution in [0.5, 0.6) is 0 Å². The molecule has 0 N–H and O–H groups in total. The highest BCUT2D eigenvalue weighted by atomic mass is 32.1. The third kappa shape index (κ3) is 6.32. The summed E-state index contributed by atoms with van der Waals surface area (Å²) in [6.07, 6.45) is 0. The highest BCUT2D eigenvalue weighted by Crippen LogP contribution is 2.51. The van der Waals surface area contributed by atoms with Gasteiger partial charge in [-0.25, -0.2) is 0 Å². The molecule has 0 bridgehead atoms. The summed E-state index contributed by atoms with van der Waals surface area (Å²) >= 11 is 3.85. The lowest BCUT2D eigenvalue weighted by atomic mass is 9.33. The van der Waals surface area contributed by atoms with E-state index in [0.717, 1.165) is 0 Å². The highest BCUT2D eigenvalue weighted by molar-refractivity contribution is 7.26. The summed E-state index contributed by atoms with van der Waals surface area (Å²) in [6, 6.07) is 42.7. The van der Waals surface area contributed by atoms with Crippen molar-refractivity contribution in [1.29, 1.82) is 0 Å². The fourth-order valence-corrected chi connectivity index (χ4v) is 12.4. The molecule has 4 heterocycles. The Kier molecular flexibility index (Phi) is 8.99. The molecule has 0 unspecified atom stereocenters. The second kappa shape index (κ2) is 13.7. The smallest absolute Gasteiger partial charge is 0.254 e. The molecule has 306 valence electrons. The van der Waals surface area contributed by atoms with E-state index in [1.807, 2.05) is 22.7 Å². The molecule has 61 heavy (non-hydrogen) atoms. The van der Waals surface area contributed by atoms with Gasteiger partial charge in [0.1, 0.15) is 0 Å². The van der Waals surface area contributed by atoms with Gasteiger partial charge in [-0.15, -0.1) is 22.7 Å². The average molecular weight is 833 g/mol. The normalized spacial score (nSPS) is 13.9. The molecule has 10 rings (SSSR count). The van der Waals surface area contributed by atoms with E-state index in [-0.39, 0.29) is 23.0 Å². The molecule has 0 radical (unpaired) electrons. The van der Waals surface area contributed by atoms with E-state index >= 15 is 0 Å². The van der Waals surface area contributed by atoms with Gasteiger partial charge in [0.05, 0.1) is 16.4 Å². The van der Waals surface area contributed by atoms with Crippen LogP contribution in [0.1, 0.15) is 101 Å². The largest absolute Gasteiger partial charge is 0.311 e. The molecule has 0 saturated heterocycles. The number of anilines is 6. The monoisotopic (exact) mass is 832 g/mol. The van der Waals surface area contributed by atoms with E-state index < -0.39 is 0 Å². The van der Waals surface area contributed by atoms with Gasteiger partial charge in [-0.2, -0.15) is 0 Å². The standard InChI is InChI=1S/C56H57BN2S2/c1-32-25-39(55(8,9)10)26-33(2)51(32)58-43-18-16-19-44-50(43)57(42-23-21-37(29-45(42)58)48-30-36-17-14-15-20-46(36)60-48)49-41-31-38(54(5,6)7)22-24-47(41)61-53(49)59(44)52-34(3)27-40(28-35(52)4)56(11,12)13/h14-31H,1-13H3. The first-order valence-corrected chi connectivity index (χ1v) is 23.6. The zero-order valence-corrected chi connectivity index (χ0v) is 39.8. The van der Waals surface area contributed by atoms with Gasteiger partial charge in [0.2, 0.25) is 0 Å². The Morgan fingerprint density at radius 2 is 1.03 bits per heavy atom. The van der Waals surface area contributed by atoms with Gasteiger partial charge in [0, 0.05) is 31.3 Å². The topological polar surface area (TPSA) is 6.48 Å². The highest BCUT2D eigenvalue weighted by Gasteiger charge is 2.46. The number of benzene rings is 6. The zero-order chi connectivity index (χ0) is 43.1. The van der Waals surface area contributed by atoms with E-state index in [0.29, 0.717) is 0 Å². The van der Waals surface area contributed by atoms with Gasteiger partial charge < -0.3 is 9.80 Å². The van der Waals surface area contributed by atoms with E-state index in [2.05, 4.69) is 209 Å². The second-order valence-corrected chi connectivity index (χ2v) is 23.0. The lowest BCUT2D eigenvalue weighted by Crippen LogP contribution is -2.61. The Labute approximate surface area is 372 Å². The molecule has 0 aliphatic carbocycles. The predicted molar refractivity (Wildman–Crippen MR) is 272 cm³/mol. The summed E-state index contributed by atoms with van der Waals surface area (Å²) in [5, 5.41) is 4.01. The SMILES string of the molecule is Cc1cc(C(C)(C)C)cc(C)c1N1c2cc(-c3cc4ccccc4s3)ccc2B2c3c1cccc3N(c1c(C)cc(C(C)(C)C)cc1C)c1sc3ccc(C(C)(C)C)cc3c12. The lowest BCUT2D eigenvalue weighted by molar-refractivity contribution is 0.589. The Morgan fingerprint density at radius 3 is 1.62 bits per heavy atom. The fourth-order valence-electron chi connectivity index (χ4n) is 10.1. The molecule has 2 nitrogen and oxygen atoms in total. The number of fused-ring (bicyclic) bond motifs is 7. The number of thiophene rings is 2. The first-order valence-electron chi connectivity index (χ1n) is 22.0. The molecule has 5 heteroatoms. The van der Waals surface area contributed by atoms with Crippen LogP contribution in [0, 0.1) is 27.7 Å². The quantitative estimate of drug-likeness (QED) is 0.164. The number of hydrogen-bond donors (Lipinski definition) is 0. The van der Waals surface area contributed by atoms with Crippen molar-refractivity contribution in [3.63, 3.8) is 0 Å².